The van der Waals surface area contributed by atoms with E-state index in [1.807, 2.05) is 6.92 Å². The molecule has 0 saturated heterocycles. The molecule has 1 N–H and O–H groups in total. The first-order valence-electron chi connectivity index (χ1n) is 7.36. The van der Waals surface area contributed by atoms with Crippen molar-refractivity contribution >= 4 is 17.3 Å². The van der Waals surface area contributed by atoms with Crippen molar-refractivity contribution in [1.29, 1.82) is 0 Å². The first-order chi connectivity index (χ1) is 12.0. The molecule has 1 aromatic carbocycles. The van der Waals surface area contributed by atoms with E-state index in [0.717, 1.165) is 5.82 Å². The Hall–Kier alpha value is -3.62. The number of benzene rings is 1. The lowest BCUT2D eigenvalue weighted by molar-refractivity contribution is -0.384. The summed E-state index contributed by atoms with van der Waals surface area (Å²) < 4.78 is 1.75. The zero-order valence-electron chi connectivity index (χ0n) is 13.5. The van der Waals surface area contributed by atoms with Crippen molar-refractivity contribution in [1.82, 2.24) is 19.7 Å². The van der Waals surface area contributed by atoms with Gasteiger partial charge in [-0.1, -0.05) is 0 Å². The Bertz CT molecular complexity index is 949. The number of nitro groups is 1. The predicted molar refractivity (Wildman–Crippen MR) is 89.7 cm³/mol. The number of imidazole rings is 1. The number of non-ortho nitro benzene ring substituents is 1. The average molecular weight is 338 g/mol. The SMILES string of the molecule is Cc1cc([N+](=O)[O-])ccc1NC(=O)c1ccc(-n2ccnc2C)nn1. The number of nitrogens with one attached hydrogen (secondary N) is 1. The molecule has 1 amide bonds. The quantitative estimate of drug-likeness (QED) is 0.577. The molecule has 3 aromatic rings. The van der Waals surface area contributed by atoms with Gasteiger partial charge in [0.25, 0.3) is 11.6 Å². The Labute approximate surface area is 142 Å². The molecule has 2 aromatic heterocycles. The van der Waals surface area contributed by atoms with Crippen LogP contribution < -0.4 is 5.32 Å². The number of carbonyl (C=O) groups is 1. The van der Waals surface area contributed by atoms with E-state index < -0.39 is 10.8 Å². The summed E-state index contributed by atoms with van der Waals surface area (Å²) in [5.74, 6) is 0.865. The van der Waals surface area contributed by atoms with Crippen LogP contribution in [0, 0.1) is 24.0 Å². The van der Waals surface area contributed by atoms with E-state index >= 15 is 0 Å². The van der Waals surface area contributed by atoms with Crippen molar-refractivity contribution in [2.45, 2.75) is 13.8 Å². The summed E-state index contributed by atoms with van der Waals surface area (Å²) in [5.41, 5.74) is 1.17. The van der Waals surface area contributed by atoms with E-state index in [0.29, 0.717) is 17.1 Å². The van der Waals surface area contributed by atoms with Gasteiger partial charge < -0.3 is 5.32 Å². The monoisotopic (exact) mass is 338 g/mol. The number of anilines is 1. The molecule has 0 saturated carbocycles. The number of hydrogen-bond donors (Lipinski definition) is 1. The van der Waals surface area contributed by atoms with Crippen LogP contribution in [0.3, 0.4) is 0 Å². The summed E-state index contributed by atoms with van der Waals surface area (Å²) in [6.45, 7) is 3.51. The third kappa shape index (κ3) is 3.34. The molecule has 25 heavy (non-hydrogen) atoms. The molecule has 9 nitrogen and oxygen atoms in total. The lowest BCUT2D eigenvalue weighted by Gasteiger charge is -2.08. The number of rotatable bonds is 4. The Morgan fingerprint density at radius 3 is 2.56 bits per heavy atom. The standard InChI is InChI=1S/C16H14N6O3/c1-10-9-12(22(24)25)3-4-13(10)18-16(23)14-5-6-15(20-19-14)21-8-7-17-11(21)2/h3-9H,1-2H3,(H,18,23). The number of carbonyl (C=O) groups excluding carboxylic acids is 1. The van der Waals surface area contributed by atoms with Crippen LogP contribution in [0.15, 0.2) is 42.7 Å². The van der Waals surface area contributed by atoms with E-state index in [2.05, 4.69) is 20.5 Å². The van der Waals surface area contributed by atoms with Gasteiger partial charge in [-0.15, -0.1) is 10.2 Å². The maximum atomic E-state index is 12.3. The van der Waals surface area contributed by atoms with Crippen LogP contribution >= 0.6 is 0 Å². The van der Waals surface area contributed by atoms with Crippen molar-refractivity contribution < 1.29 is 9.72 Å². The molecule has 0 aliphatic carbocycles. The van der Waals surface area contributed by atoms with Gasteiger partial charge in [-0.25, -0.2) is 4.98 Å². The van der Waals surface area contributed by atoms with Gasteiger partial charge in [-0.05, 0) is 37.6 Å². The van der Waals surface area contributed by atoms with Crippen LogP contribution in [0.5, 0.6) is 0 Å². The molecular weight excluding hydrogens is 324 g/mol. The summed E-state index contributed by atoms with van der Waals surface area (Å²) in [6, 6.07) is 7.44. The Balaban J connectivity index is 1.78. The van der Waals surface area contributed by atoms with E-state index in [9.17, 15) is 14.9 Å². The van der Waals surface area contributed by atoms with Gasteiger partial charge in [-0.3, -0.25) is 19.5 Å². The van der Waals surface area contributed by atoms with E-state index in [-0.39, 0.29) is 11.4 Å². The van der Waals surface area contributed by atoms with Crippen LogP contribution in [0.25, 0.3) is 5.82 Å². The topological polar surface area (TPSA) is 116 Å². The Morgan fingerprint density at radius 1 is 1.20 bits per heavy atom. The highest BCUT2D eigenvalue weighted by Crippen LogP contribution is 2.21. The maximum Gasteiger partial charge on any atom is 0.276 e. The molecule has 0 spiro atoms. The van der Waals surface area contributed by atoms with Crippen LogP contribution in [-0.2, 0) is 0 Å². The van der Waals surface area contributed by atoms with Crippen LogP contribution in [0.2, 0.25) is 0 Å². The number of aromatic nitrogens is 4. The number of nitrogens with zero attached hydrogens (tertiary/aromatic N) is 5. The minimum Gasteiger partial charge on any atom is -0.320 e. The lowest BCUT2D eigenvalue weighted by atomic mass is 10.1. The lowest BCUT2D eigenvalue weighted by Crippen LogP contribution is -2.15. The van der Waals surface area contributed by atoms with Gasteiger partial charge in [0.15, 0.2) is 11.5 Å². The summed E-state index contributed by atoms with van der Waals surface area (Å²) in [4.78, 5) is 26.7. The molecule has 126 valence electrons. The maximum absolute atomic E-state index is 12.3. The second-order valence-electron chi connectivity index (χ2n) is 5.33. The molecule has 0 aliphatic heterocycles. The minimum atomic E-state index is -0.485. The van der Waals surface area contributed by atoms with Crippen LogP contribution in [0.1, 0.15) is 21.9 Å². The first kappa shape index (κ1) is 16.2. The van der Waals surface area contributed by atoms with Crippen LogP contribution in [-0.4, -0.2) is 30.6 Å². The van der Waals surface area contributed by atoms with Gasteiger partial charge in [0, 0.05) is 30.2 Å². The van der Waals surface area contributed by atoms with Gasteiger partial charge in [0.2, 0.25) is 0 Å². The molecule has 2 heterocycles. The van der Waals surface area contributed by atoms with E-state index in [4.69, 9.17) is 0 Å². The average Bonchev–Trinajstić information content (AvgIpc) is 3.02. The Morgan fingerprint density at radius 2 is 2.00 bits per heavy atom. The highest BCUT2D eigenvalue weighted by Gasteiger charge is 2.13. The second kappa shape index (κ2) is 6.48. The number of aryl methyl sites for hydroxylation is 2. The molecule has 9 heteroatoms. The van der Waals surface area contributed by atoms with Crippen molar-refractivity contribution in [2.75, 3.05) is 5.32 Å². The van der Waals surface area contributed by atoms with Gasteiger partial charge in [0.05, 0.1) is 4.92 Å². The fourth-order valence-corrected chi connectivity index (χ4v) is 2.28. The van der Waals surface area contributed by atoms with Crippen LogP contribution in [0.4, 0.5) is 11.4 Å². The van der Waals surface area contributed by atoms with Gasteiger partial charge in [-0.2, -0.15) is 0 Å². The third-order valence-corrected chi connectivity index (χ3v) is 3.62. The summed E-state index contributed by atoms with van der Waals surface area (Å²) in [5, 5.41) is 21.4. The smallest absolute Gasteiger partial charge is 0.276 e. The van der Waals surface area contributed by atoms with Crippen molar-refractivity contribution in [3.63, 3.8) is 0 Å². The van der Waals surface area contributed by atoms with Gasteiger partial charge >= 0.3 is 0 Å². The molecule has 0 unspecified atom stereocenters. The Kier molecular flexibility index (Phi) is 4.21. The third-order valence-electron chi connectivity index (χ3n) is 3.62. The molecular formula is C16H14N6O3. The molecule has 0 bridgehead atoms. The highest BCUT2D eigenvalue weighted by atomic mass is 16.6. The zero-order valence-corrected chi connectivity index (χ0v) is 13.5. The number of nitro benzene ring substituents is 1. The molecule has 0 radical (unpaired) electrons. The normalized spacial score (nSPS) is 10.5. The van der Waals surface area contributed by atoms with E-state index in [1.165, 1.54) is 18.2 Å². The fourth-order valence-electron chi connectivity index (χ4n) is 2.28. The van der Waals surface area contributed by atoms with E-state index in [1.54, 1.807) is 36.0 Å². The summed E-state index contributed by atoms with van der Waals surface area (Å²) in [6.07, 6.45) is 3.40. The molecule has 0 fully saturated rings. The zero-order chi connectivity index (χ0) is 18.0. The predicted octanol–water partition coefficient (Wildman–Crippen LogP) is 2.44. The molecule has 0 atom stereocenters. The second-order valence-corrected chi connectivity index (χ2v) is 5.33. The fraction of sp³-hybridized carbons (Fsp3) is 0.125. The van der Waals surface area contributed by atoms with Gasteiger partial charge in [0.1, 0.15) is 5.82 Å². The first-order valence-corrected chi connectivity index (χ1v) is 7.36. The summed E-state index contributed by atoms with van der Waals surface area (Å²) in [7, 11) is 0. The molecule has 3 rings (SSSR count). The van der Waals surface area contributed by atoms with Crippen molar-refractivity contribution in [3.05, 3.63) is 69.9 Å². The number of hydrogen-bond acceptors (Lipinski definition) is 6. The van der Waals surface area contributed by atoms with Crippen molar-refractivity contribution in [2.24, 2.45) is 0 Å². The largest absolute Gasteiger partial charge is 0.320 e. The molecule has 0 aliphatic rings. The summed E-state index contributed by atoms with van der Waals surface area (Å²) >= 11 is 0. The van der Waals surface area contributed by atoms with Crippen molar-refractivity contribution in [3.8, 4) is 5.82 Å². The highest BCUT2D eigenvalue weighted by molar-refractivity contribution is 6.03. The number of amides is 1. The minimum absolute atomic E-state index is 0.0321.